The maximum Gasteiger partial charge on any atom is 0.242 e. The van der Waals surface area contributed by atoms with Crippen molar-refractivity contribution in [3.05, 3.63) is 70.9 Å². The van der Waals surface area contributed by atoms with Gasteiger partial charge < -0.3 is 13.9 Å². The molecule has 0 saturated carbocycles. The molecule has 1 unspecified atom stereocenters. The maximum absolute atomic E-state index is 13.0. The van der Waals surface area contributed by atoms with E-state index in [1.54, 1.807) is 4.90 Å². The molecular formula is C22H16ClNO4S2. The highest BCUT2D eigenvalue weighted by atomic mass is 35.5. The van der Waals surface area contributed by atoms with Gasteiger partial charge in [0.1, 0.15) is 15.8 Å². The topological polar surface area (TPSA) is 51.9 Å². The van der Waals surface area contributed by atoms with Crippen LogP contribution >= 0.6 is 35.6 Å². The molecule has 30 heavy (non-hydrogen) atoms. The number of amides is 1. The fraction of sp³-hybridized carbons (Fsp3) is 0.182. The zero-order valence-electron chi connectivity index (χ0n) is 15.7. The number of rotatable bonds is 5. The van der Waals surface area contributed by atoms with Crippen LogP contribution < -0.4 is 9.47 Å². The van der Waals surface area contributed by atoms with Crippen LogP contribution in [0.25, 0.3) is 11.3 Å². The summed E-state index contributed by atoms with van der Waals surface area (Å²) in [6.45, 7) is 0.623. The second-order valence-corrected chi connectivity index (χ2v) is 9.18. The predicted octanol–water partition coefficient (Wildman–Crippen LogP) is 5.30. The molecule has 3 heterocycles. The van der Waals surface area contributed by atoms with Gasteiger partial charge in [-0.25, -0.2) is 0 Å². The number of benzene rings is 2. The summed E-state index contributed by atoms with van der Waals surface area (Å²) in [4.78, 5) is 14.6. The summed E-state index contributed by atoms with van der Waals surface area (Å²) < 4.78 is 17.3. The zero-order chi connectivity index (χ0) is 20.7. The Labute approximate surface area is 187 Å². The fourth-order valence-electron chi connectivity index (χ4n) is 3.47. The second kappa shape index (κ2) is 7.98. The van der Waals surface area contributed by atoms with Crippen LogP contribution in [-0.4, -0.2) is 27.2 Å². The van der Waals surface area contributed by atoms with Crippen molar-refractivity contribution in [2.24, 2.45) is 0 Å². The van der Waals surface area contributed by atoms with E-state index in [-0.39, 0.29) is 18.0 Å². The molecule has 0 bridgehead atoms. The van der Waals surface area contributed by atoms with Crippen molar-refractivity contribution >= 4 is 45.8 Å². The van der Waals surface area contributed by atoms with Crippen LogP contribution in [0.2, 0.25) is 5.02 Å². The molecule has 2 aliphatic heterocycles. The Morgan fingerprint density at radius 1 is 1.10 bits per heavy atom. The van der Waals surface area contributed by atoms with E-state index < -0.39 is 0 Å². The minimum atomic E-state index is -0.309. The minimum absolute atomic E-state index is 0.0154. The Morgan fingerprint density at radius 3 is 2.80 bits per heavy atom. The number of thioether (sulfide) groups is 1. The van der Waals surface area contributed by atoms with Crippen LogP contribution in [0.4, 0.5) is 0 Å². The molecule has 0 N–H and O–H groups in total. The van der Waals surface area contributed by atoms with Gasteiger partial charge in [0.05, 0.1) is 16.8 Å². The van der Waals surface area contributed by atoms with Gasteiger partial charge in [-0.15, -0.1) is 0 Å². The lowest BCUT2D eigenvalue weighted by Crippen LogP contribution is -2.31. The third kappa shape index (κ3) is 3.69. The number of hydrogen-bond acceptors (Lipinski definition) is 6. The molecular weight excluding hydrogens is 442 g/mol. The van der Waals surface area contributed by atoms with Crippen LogP contribution in [0.1, 0.15) is 11.3 Å². The van der Waals surface area contributed by atoms with Gasteiger partial charge in [0, 0.05) is 12.0 Å². The summed E-state index contributed by atoms with van der Waals surface area (Å²) in [5, 5.41) is 0.317. The molecule has 1 saturated heterocycles. The fourth-order valence-corrected chi connectivity index (χ4v) is 5.20. The Bertz CT molecular complexity index is 1150. The van der Waals surface area contributed by atoms with Gasteiger partial charge in [0.25, 0.3) is 0 Å². The van der Waals surface area contributed by atoms with E-state index in [4.69, 9.17) is 37.7 Å². The highest BCUT2D eigenvalue weighted by Crippen LogP contribution is 2.36. The van der Waals surface area contributed by atoms with Crippen LogP contribution in [0, 0.1) is 0 Å². The SMILES string of the molecule is O=C1C(Cc2ccc(-c3ccccc3Cl)o2)SC(=S)N1Cc1ccc2c(c1)OCO2. The Kier molecular flexibility index (Phi) is 5.18. The summed E-state index contributed by atoms with van der Waals surface area (Å²) in [5.41, 5.74) is 1.77. The van der Waals surface area contributed by atoms with Crippen molar-refractivity contribution in [1.82, 2.24) is 4.90 Å². The number of ether oxygens (including phenoxy) is 2. The van der Waals surface area contributed by atoms with Crippen LogP contribution in [0.3, 0.4) is 0 Å². The lowest BCUT2D eigenvalue weighted by molar-refractivity contribution is -0.126. The first kappa shape index (κ1) is 19.5. The van der Waals surface area contributed by atoms with E-state index in [2.05, 4.69) is 0 Å². The molecule has 3 aromatic rings. The Morgan fingerprint density at radius 2 is 1.93 bits per heavy atom. The average molecular weight is 458 g/mol. The molecule has 1 atom stereocenters. The van der Waals surface area contributed by atoms with Crippen molar-refractivity contribution in [1.29, 1.82) is 0 Å². The molecule has 5 nitrogen and oxygen atoms in total. The number of fused-ring (bicyclic) bond motifs is 1. The van der Waals surface area contributed by atoms with Crippen LogP contribution in [0.15, 0.2) is 59.0 Å². The molecule has 1 fully saturated rings. The lowest BCUT2D eigenvalue weighted by Gasteiger charge is -2.15. The highest BCUT2D eigenvalue weighted by molar-refractivity contribution is 8.24. The molecule has 0 radical (unpaired) electrons. The molecule has 0 spiro atoms. The molecule has 2 aliphatic rings. The molecule has 1 amide bonds. The third-order valence-electron chi connectivity index (χ3n) is 4.97. The third-order valence-corrected chi connectivity index (χ3v) is 6.88. The number of carbonyl (C=O) groups excluding carboxylic acids is 1. The van der Waals surface area contributed by atoms with Gasteiger partial charge in [-0.3, -0.25) is 9.69 Å². The first-order valence-corrected chi connectivity index (χ1v) is 11.0. The first-order chi connectivity index (χ1) is 14.6. The normalized spacial score (nSPS) is 17.8. The molecule has 152 valence electrons. The molecule has 2 aromatic carbocycles. The van der Waals surface area contributed by atoms with Gasteiger partial charge >= 0.3 is 0 Å². The highest BCUT2D eigenvalue weighted by Gasteiger charge is 2.37. The van der Waals surface area contributed by atoms with E-state index >= 15 is 0 Å². The predicted molar refractivity (Wildman–Crippen MR) is 120 cm³/mol. The number of nitrogens with zero attached hydrogens (tertiary/aromatic N) is 1. The number of furan rings is 1. The van der Waals surface area contributed by atoms with Gasteiger partial charge in [0.2, 0.25) is 12.7 Å². The Hall–Kier alpha value is -2.48. The van der Waals surface area contributed by atoms with Gasteiger partial charge in [-0.1, -0.05) is 53.8 Å². The van der Waals surface area contributed by atoms with E-state index in [0.29, 0.717) is 39.6 Å². The van der Waals surface area contributed by atoms with E-state index in [1.165, 1.54) is 11.8 Å². The quantitative estimate of drug-likeness (QED) is 0.484. The average Bonchev–Trinajstić information content (AvgIpc) is 3.45. The standard InChI is InChI=1S/C22H16ClNO4S2/c23-16-4-2-1-3-15(16)17-8-6-14(28-17)10-20-21(25)24(22(29)30-20)11-13-5-7-18-19(9-13)27-12-26-18/h1-9,20H,10-12H2. The van der Waals surface area contributed by atoms with Crippen molar-refractivity contribution in [3.8, 4) is 22.8 Å². The summed E-state index contributed by atoms with van der Waals surface area (Å²) in [5.74, 6) is 2.80. The van der Waals surface area contributed by atoms with Crippen molar-refractivity contribution < 1.29 is 18.7 Å². The maximum atomic E-state index is 13.0. The van der Waals surface area contributed by atoms with E-state index in [1.807, 2.05) is 54.6 Å². The van der Waals surface area contributed by atoms with E-state index in [9.17, 15) is 4.79 Å². The van der Waals surface area contributed by atoms with Gasteiger partial charge in [-0.05, 0) is 42.0 Å². The summed E-state index contributed by atoms with van der Waals surface area (Å²) in [6, 6.07) is 16.9. The molecule has 1 aromatic heterocycles. The second-order valence-electron chi connectivity index (χ2n) is 6.93. The number of carbonyl (C=O) groups is 1. The summed E-state index contributed by atoms with van der Waals surface area (Å²) in [6.07, 6.45) is 0.464. The monoisotopic (exact) mass is 457 g/mol. The summed E-state index contributed by atoms with van der Waals surface area (Å²) >= 11 is 13.1. The van der Waals surface area contributed by atoms with Crippen LogP contribution in [-0.2, 0) is 17.8 Å². The Balaban J connectivity index is 1.28. The van der Waals surface area contributed by atoms with E-state index in [0.717, 1.165) is 16.9 Å². The largest absolute Gasteiger partial charge is 0.461 e. The first-order valence-electron chi connectivity index (χ1n) is 9.32. The molecule has 5 rings (SSSR count). The summed E-state index contributed by atoms with van der Waals surface area (Å²) in [7, 11) is 0. The number of thiocarbonyl (C=S) groups is 1. The van der Waals surface area contributed by atoms with Gasteiger partial charge in [0.15, 0.2) is 11.5 Å². The zero-order valence-corrected chi connectivity index (χ0v) is 18.1. The number of halogens is 1. The minimum Gasteiger partial charge on any atom is -0.461 e. The van der Waals surface area contributed by atoms with Crippen LogP contribution in [0.5, 0.6) is 11.5 Å². The number of hydrogen-bond donors (Lipinski definition) is 0. The molecule has 0 aliphatic carbocycles. The lowest BCUT2D eigenvalue weighted by atomic mass is 10.1. The smallest absolute Gasteiger partial charge is 0.242 e. The van der Waals surface area contributed by atoms with Gasteiger partial charge in [-0.2, -0.15) is 0 Å². The van der Waals surface area contributed by atoms with Crippen molar-refractivity contribution in [3.63, 3.8) is 0 Å². The van der Waals surface area contributed by atoms with Crippen molar-refractivity contribution in [2.45, 2.75) is 18.2 Å². The van der Waals surface area contributed by atoms with Crippen molar-refractivity contribution in [2.75, 3.05) is 6.79 Å². The molecule has 8 heteroatoms.